The van der Waals surface area contributed by atoms with E-state index in [1.54, 1.807) is 50.3 Å². The Balaban J connectivity index is 2.50. The minimum Gasteiger partial charge on any atom is -0.354 e. The van der Waals surface area contributed by atoms with E-state index in [9.17, 15) is 16.8 Å². The Morgan fingerprint density at radius 3 is 1.92 bits per heavy atom. The number of hydrogen-bond donors (Lipinski definition) is 0. The highest BCUT2D eigenvalue weighted by molar-refractivity contribution is 7.89. The molecule has 2 aromatic carbocycles. The Kier molecular flexibility index (Phi) is 12.1. The lowest BCUT2D eigenvalue weighted by Crippen LogP contribution is -2.48. The molecule has 0 saturated heterocycles. The molecule has 2 atom stereocenters. The molecule has 0 N–H and O–H groups in total. The van der Waals surface area contributed by atoms with Crippen molar-refractivity contribution in [1.29, 1.82) is 0 Å². The molecule has 0 amide bonds. The first-order chi connectivity index (χ1) is 18.3. The lowest BCUT2D eigenvalue weighted by Gasteiger charge is -2.36. The smallest absolute Gasteiger partial charge is 0.297 e. The molecule has 2 rings (SSSR count). The molecular formula is C29H41NO7S2. The number of sulfonamides is 1. The average molecular weight is 580 g/mol. The van der Waals surface area contributed by atoms with E-state index in [1.165, 1.54) is 35.7 Å². The minimum atomic E-state index is -4.14. The summed E-state index contributed by atoms with van der Waals surface area (Å²) >= 11 is 0. The van der Waals surface area contributed by atoms with Crippen LogP contribution in [0.1, 0.15) is 44.2 Å². The fraction of sp³-hybridized carbons (Fsp3) is 0.448. The van der Waals surface area contributed by atoms with E-state index in [2.05, 4.69) is 13.2 Å². The molecule has 10 heteroatoms. The fourth-order valence-electron chi connectivity index (χ4n) is 3.83. The van der Waals surface area contributed by atoms with E-state index >= 15 is 0 Å². The maximum atomic E-state index is 14.0. The highest BCUT2D eigenvalue weighted by atomic mass is 32.2. The number of rotatable bonds is 17. The Morgan fingerprint density at radius 1 is 0.897 bits per heavy atom. The Morgan fingerprint density at radius 2 is 1.44 bits per heavy atom. The highest BCUT2D eigenvalue weighted by Crippen LogP contribution is 2.26. The van der Waals surface area contributed by atoms with Crippen LogP contribution < -0.4 is 0 Å². The van der Waals surface area contributed by atoms with Crippen molar-refractivity contribution in [3.63, 3.8) is 0 Å². The van der Waals surface area contributed by atoms with Crippen molar-refractivity contribution >= 4 is 20.1 Å². The quantitative estimate of drug-likeness (QED) is 0.141. The molecule has 0 bridgehead atoms. The van der Waals surface area contributed by atoms with Gasteiger partial charge >= 0.3 is 0 Å². The molecule has 0 saturated carbocycles. The van der Waals surface area contributed by atoms with Crippen LogP contribution in [0, 0.1) is 13.8 Å². The molecule has 0 heterocycles. The van der Waals surface area contributed by atoms with E-state index in [0.717, 1.165) is 11.1 Å². The van der Waals surface area contributed by atoms with Crippen LogP contribution in [0.4, 0.5) is 0 Å². The SMILES string of the molecule is C=CCC[C@@H](CN([C@@H](CC=C)COS(=O)(=O)c1ccc(C)cc1)S(=O)(=O)c1ccc(C)cc1)OC(C)(C)OC. The average Bonchev–Trinajstić information content (AvgIpc) is 2.88. The molecule has 0 aliphatic carbocycles. The number of benzene rings is 2. The van der Waals surface area contributed by atoms with E-state index < -0.39 is 44.7 Å². The summed E-state index contributed by atoms with van der Waals surface area (Å²) < 4.78 is 72.2. The number of ether oxygens (including phenoxy) is 2. The predicted octanol–water partition coefficient (Wildman–Crippen LogP) is 5.38. The van der Waals surface area contributed by atoms with Gasteiger partial charge in [-0.25, -0.2) is 8.42 Å². The molecule has 39 heavy (non-hydrogen) atoms. The lowest BCUT2D eigenvalue weighted by molar-refractivity contribution is -0.225. The number of hydrogen-bond acceptors (Lipinski definition) is 7. The first-order valence-corrected chi connectivity index (χ1v) is 15.6. The van der Waals surface area contributed by atoms with Gasteiger partial charge in [0.25, 0.3) is 10.1 Å². The van der Waals surface area contributed by atoms with Crippen LogP contribution in [0.25, 0.3) is 0 Å². The van der Waals surface area contributed by atoms with Crippen molar-refractivity contribution in [2.45, 2.75) is 74.7 Å². The van der Waals surface area contributed by atoms with Gasteiger partial charge in [-0.15, -0.1) is 13.2 Å². The number of methoxy groups -OCH3 is 1. The summed E-state index contributed by atoms with van der Waals surface area (Å²) in [5, 5.41) is 0. The van der Waals surface area contributed by atoms with Gasteiger partial charge in [-0.2, -0.15) is 12.7 Å². The maximum absolute atomic E-state index is 14.0. The van der Waals surface area contributed by atoms with E-state index in [1.807, 2.05) is 13.8 Å². The second kappa shape index (κ2) is 14.3. The van der Waals surface area contributed by atoms with Crippen molar-refractivity contribution in [2.24, 2.45) is 0 Å². The molecule has 8 nitrogen and oxygen atoms in total. The van der Waals surface area contributed by atoms with Gasteiger partial charge in [-0.3, -0.25) is 4.18 Å². The Hall–Kier alpha value is -2.34. The zero-order valence-corrected chi connectivity index (χ0v) is 25.1. The standard InChI is InChI=1S/C29H41NO7S2/c1-8-10-12-26(37-29(5,6)35-7)21-30(38(31,32)27-17-13-23(3)14-18-27)25(11-9-2)22-36-39(33,34)28-19-15-24(4)16-20-28/h8-9,13-20,25-26H,1-2,10-12,21-22H2,3-7H3/t25-,26-/m0/s1. The first kappa shape index (κ1) is 32.9. The maximum Gasteiger partial charge on any atom is 0.297 e. The van der Waals surface area contributed by atoms with Crippen LogP contribution in [0.5, 0.6) is 0 Å². The van der Waals surface area contributed by atoms with Gasteiger partial charge in [0.2, 0.25) is 10.0 Å². The van der Waals surface area contributed by atoms with E-state index in [-0.39, 0.29) is 22.8 Å². The first-order valence-electron chi connectivity index (χ1n) is 12.7. The van der Waals surface area contributed by atoms with Gasteiger partial charge in [0.05, 0.1) is 28.5 Å². The topological polar surface area (TPSA) is 99.2 Å². The van der Waals surface area contributed by atoms with Gasteiger partial charge in [0.15, 0.2) is 5.79 Å². The summed E-state index contributed by atoms with van der Waals surface area (Å²) in [7, 11) is -6.72. The van der Waals surface area contributed by atoms with E-state index in [4.69, 9.17) is 13.7 Å². The molecule has 0 radical (unpaired) electrons. The van der Waals surface area contributed by atoms with Crippen molar-refractivity contribution in [3.8, 4) is 0 Å². The fourth-order valence-corrected chi connectivity index (χ4v) is 6.43. The molecule has 0 aromatic heterocycles. The summed E-state index contributed by atoms with van der Waals surface area (Å²) in [4.78, 5) is 0.0736. The van der Waals surface area contributed by atoms with Gasteiger partial charge in [-0.1, -0.05) is 47.5 Å². The number of nitrogens with zero attached hydrogens (tertiary/aromatic N) is 1. The second-order valence-corrected chi connectivity index (χ2v) is 13.3. The third-order valence-electron chi connectivity index (χ3n) is 6.22. The summed E-state index contributed by atoms with van der Waals surface area (Å²) in [6.45, 7) is 14.3. The van der Waals surface area contributed by atoms with Crippen molar-refractivity contribution in [2.75, 3.05) is 20.3 Å². The molecule has 0 unspecified atom stereocenters. The molecule has 0 aliphatic heterocycles. The summed E-state index contributed by atoms with van der Waals surface area (Å²) in [6.07, 6.45) is 3.89. The zero-order chi connectivity index (χ0) is 29.3. The zero-order valence-electron chi connectivity index (χ0n) is 23.5. The van der Waals surface area contributed by atoms with Crippen LogP contribution in [0.15, 0.2) is 83.6 Å². The normalized spacial score (nSPS) is 14.2. The molecule has 0 fully saturated rings. The molecule has 2 aromatic rings. The Labute approximate surface area is 234 Å². The predicted molar refractivity (Wildman–Crippen MR) is 153 cm³/mol. The largest absolute Gasteiger partial charge is 0.354 e. The van der Waals surface area contributed by atoms with Gasteiger partial charge in [0.1, 0.15) is 0 Å². The second-order valence-electron chi connectivity index (χ2n) is 9.83. The van der Waals surface area contributed by atoms with Gasteiger partial charge < -0.3 is 9.47 Å². The van der Waals surface area contributed by atoms with Crippen LogP contribution in [0.2, 0.25) is 0 Å². The van der Waals surface area contributed by atoms with Crippen molar-refractivity contribution in [1.82, 2.24) is 4.31 Å². The van der Waals surface area contributed by atoms with Gasteiger partial charge in [0, 0.05) is 13.7 Å². The molecule has 0 aliphatic rings. The number of aryl methyl sites for hydroxylation is 2. The summed E-state index contributed by atoms with van der Waals surface area (Å²) in [6, 6.07) is 11.9. The van der Waals surface area contributed by atoms with Crippen LogP contribution in [0.3, 0.4) is 0 Å². The van der Waals surface area contributed by atoms with Crippen LogP contribution >= 0.6 is 0 Å². The molecule has 0 spiro atoms. The highest BCUT2D eigenvalue weighted by Gasteiger charge is 2.36. The number of allylic oxidation sites excluding steroid dienone is 1. The lowest BCUT2D eigenvalue weighted by atomic mass is 10.1. The van der Waals surface area contributed by atoms with Crippen molar-refractivity contribution < 1.29 is 30.5 Å². The van der Waals surface area contributed by atoms with E-state index in [0.29, 0.717) is 12.8 Å². The summed E-state index contributed by atoms with van der Waals surface area (Å²) in [5.74, 6) is -0.982. The summed E-state index contributed by atoms with van der Waals surface area (Å²) in [5.41, 5.74) is 1.81. The minimum absolute atomic E-state index is 0.00701. The Bertz CT molecular complexity index is 1290. The monoisotopic (exact) mass is 579 g/mol. The van der Waals surface area contributed by atoms with Gasteiger partial charge in [-0.05, 0) is 71.2 Å². The third-order valence-corrected chi connectivity index (χ3v) is 9.45. The molecular weight excluding hydrogens is 538 g/mol. The van der Waals surface area contributed by atoms with Crippen LogP contribution in [-0.4, -0.2) is 59.3 Å². The van der Waals surface area contributed by atoms with Crippen molar-refractivity contribution in [3.05, 3.63) is 85.0 Å². The van der Waals surface area contributed by atoms with Crippen LogP contribution in [-0.2, 0) is 33.8 Å². The molecule has 216 valence electrons. The third kappa shape index (κ3) is 9.66.